The molecule has 1 saturated carbocycles. The number of carbonyl (C=O) groups excluding carboxylic acids is 4. The normalized spacial score (nSPS) is 21.2. The van der Waals surface area contributed by atoms with Crippen molar-refractivity contribution >= 4 is 65.2 Å². The van der Waals surface area contributed by atoms with E-state index in [0.29, 0.717) is 19.1 Å². The maximum Gasteiger partial charge on any atom is 0.407 e. The minimum absolute atomic E-state index is 0.0484. The summed E-state index contributed by atoms with van der Waals surface area (Å²) in [5.41, 5.74) is 7.18. The number of hydrogen-bond acceptors (Lipinski definition) is 8. The lowest BCUT2D eigenvalue weighted by Crippen LogP contribution is -2.53. The Kier molecular flexibility index (Phi) is 10.6. The molecule has 4 heterocycles. The highest BCUT2D eigenvalue weighted by Gasteiger charge is 2.48. The number of rotatable bonds is 10. The summed E-state index contributed by atoms with van der Waals surface area (Å²) >= 11 is 0. The van der Waals surface area contributed by atoms with E-state index in [2.05, 4.69) is 83.3 Å². The van der Waals surface area contributed by atoms with E-state index in [1.54, 1.807) is 0 Å². The third kappa shape index (κ3) is 7.73. The van der Waals surface area contributed by atoms with Crippen LogP contribution in [-0.2, 0) is 19.1 Å². The predicted octanol–water partition coefficient (Wildman–Crippen LogP) is 7.21. The minimum atomic E-state index is -1.75. The first kappa shape index (κ1) is 39.3. The minimum Gasteiger partial charge on any atom is -0.453 e. The maximum atomic E-state index is 14.0. The van der Waals surface area contributed by atoms with Crippen LogP contribution in [-0.4, -0.2) is 103 Å². The Morgan fingerprint density at radius 2 is 1.55 bits per heavy atom. The Balaban J connectivity index is 0.966. The van der Waals surface area contributed by atoms with Crippen molar-refractivity contribution in [2.24, 2.45) is 16.8 Å². The Morgan fingerprint density at radius 1 is 0.845 bits per heavy atom. The first-order valence-electron chi connectivity index (χ1n) is 20.4. The Labute approximate surface area is 339 Å². The molecule has 3 aromatic carbocycles. The molecule has 2 saturated heterocycles. The molecule has 0 unspecified atom stereocenters. The average Bonchev–Trinajstić information content (AvgIpc) is 3.56. The number of carbonyl (C=O) groups is 4. The van der Waals surface area contributed by atoms with Crippen molar-refractivity contribution in [2.45, 2.75) is 89.3 Å². The summed E-state index contributed by atoms with van der Waals surface area (Å²) in [6, 6.07) is 18.5. The smallest absolute Gasteiger partial charge is 0.407 e. The van der Waals surface area contributed by atoms with Gasteiger partial charge in [0, 0.05) is 36.4 Å². The molecule has 0 radical (unpaired) electrons. The number of amides is 4. The van der Waals surface area contributed by atoms with Gasteiger partial charge in [-0.1, -0.05) is 69.4 Å². The SMILES string of the molecule is COC(=O)N[C@H](C(=O)N1CCC[C@H]1C1=NC=C(c2ccc(-c3ccc4c(ccc5[nH]c([C@@H]6C[Si](C)(C)CN6C(=O)[C@@H](NC(=O)OC)C6CC6)nc54)c3)cc2)C1)C(C)C. The van der Waals surface area contributed by atoms with Crippen LogP contribution in [0.3, 0.4) is 0 Å². The number of hydrogen-bond donors (Lipinski definition) is 3. The zero-order chi connectivity index (χ0) is 40.9. The third-order valence-electron chi connectivity index (χ3n) is 12.3. The van der Waals surface area contributed by atoms with Crippen molar-refractivity contribution in [1.29, 1.82) is 0 Å². The monoisotopic (exact) mass is 803 g/mol. The number of imidazole rings is 1. The summed E-state index contributed by atoms with van der Waals surface area (Å²) < 4.78 is 9.64. The molecule has 1 aliphatic carbocycles. The number of benzene rings is 3. The number of ether oxygens (including phenoxy) is 2. The summed E-state index contributed by atoms with van der Waals surface area (Å²) in [5, 5.41) is 7.66. The summed E-state index contributed by atoms with van der Waals surface area (Å²) in [7, 11) is 0.879. The van der Waals surface area contributed by atoms with Crippen molar-refractivity contribution < 1.29 is 28.7 Å². The van der Waals surface area contributed by atoms with Crippen molar-refractivity contribution in [1.82, 2.24) is 30.4 Å². The first-order chi connectivity index (χ1) is 27.8. The van der Waals surface area contributed by atoms with Gasteiger partial charge in [-0.2, -0.15) is 0 Å². The van der Waals surface area contributed by atoms with E-state index in [-0.39, 0.29) is 35.7 Å². The van der Waals surface area contributed by atoms with Gasteiger partial charge in [-0.25, -0.2) is 14.6 Å². The van der Waals surface area contributed by atoms with Crippen LogP contribution in [0.1, 0.15) is 63.4 Å². The van der Waals surface area contributed by atoms with Crippen molar-refractivity contribution in [3.05, 3.63) is 72.2 Å². The quantitative estimate of drug-likeness (QED) is 0.143. The van der Waals surface area contributed by atoms with E-state index in [4.69, 9.17) is 19.5 Å². The van der Waals surface area contributed by atoms with Gasteiger partial charge < -0.3 is 34.9 Å². The standard InChI is InChI=1S/C44H53N7O6Si/c1-25(2)37(48-43(54)56-3)41(52)50-19-7-8-35(50)34-21-31(22-45-34)27-11-9-26(10-12-27)29-15-17-32-30(20-29)16-18-33-39(32)47-40(46-33)36-23-58(5,6)24-51(36)42(53)38(28-13-14-28)49-44(55)57-4/h9-12,15-18,20,22,25,28,35-38H,7-8,13-14,19,21,23-24H2,1-6H3,(H,46,47)(H,48,54)(H,49,55)/t35-,36-,37-,38-/m0/s1. The van der Waals surface area contributed by atoms with E-state index in [1.807, 2.05) is 29.8 Å². The zero-order valence-electron chi connectivity index (χ0n) is 34.1. The highest BCUT2D eigenvalue weighted by Crippen LogP contribution is 2.41. The Bertz CT molecular complexity index is 2330. The number of aromatic amines is 1. The summed E-state index contributed by atoms with van der Waals surface area (Å²) in [6.45, 7) is 9.09. The summed E-state index contributed by atoms with van der Waals surface area (Å²) in [5.74, 6) is 0.694. The topological polar surface area (TPSA) is 158 Å². The predicted molar refractivity (Wildman–Crippen MR) is 227 cm³/mol. The molecular formula is C44H53N7O6Si. The molecule has 3 aliphatic heterocycles. The number of alkyl carbamates (subject to hydrolysis) is 2. The molecule has 0 spiro atoms. The number of likely N-dealkylation sites (tertiary alicyclic amines) is 1. The van der Waals surface area contributed by atoms with Gasteiger partial charge in [0.2, 0.25) is 11.8 Å². The lowest BCUT2D eigenvalue weighted by molar-refractivity contribution is -0.135. The van der Waals surface area contributed by atoms with Crippen molar-refractivity contribution in [2.75, 3.05) is 26.9 Å². The molecule has 3 fully saturated rings. The molecular weight excluding hydrogens is 751 g/mol. The highest BCUT2D eigenvalue weighted by molar-refractivity contribution is 6.78. The van der Waals surface area contributed by atoms with Gasteiger partial charge in [0.1, 0.15) is 17.9 Å². The van der Waals surface area contributed by atoms with Crippen LogP contribution in [0.4, 0.5) is 9.59 Å². The molecule has 304 valence electrons. The lowest BCUT2D eigenvalue weighted by Gasteiger charge is -2.31. The number of methoxy groups -OCH3 is 2. The fourth-order valence-electron chi connectivity index (χ4n) is 9.04. The lowest BCUT2D eigenvalue weighted by atomic mass is 9.95. The summed E-state index contributed by atoms with van der Waals surface area (Å²) in [6.07, 6.45) is 5.68. The van der Waals surface area contributed by atoms with Crippen molar-refractivity contribution in [3.8, 4) is 11.1 Å². The fraction of sp³-hybridized carbons (Fsp3) is 0.455. The van der Waals surface area contributed by atoms with Gasteiger partial charge in [-0.15, -0.1) is 0 Å². The van der Waals surface area contributed by atoms with Crippen LogP contribution >= 0.6 is 0 Å². The Morgan fingerprint density at radius 3 is 2.26 bits per heavy atom. The van der Waals surface area contributed by atoms with E-state index >= 15 is 0 Å². The Hall–Kier alpha value is -5.50. The largest absolute Gasteiger partial charge is 0.453 e. The number of fused-ring (bicyclic) bond motifs is 3. The molecule has 8 rings (SSSR count). The number of nitrogens with one attached hydrogen (secondary N) is 3. The number of allylic oxidation sites excluding steroid dienone is 1. The van der Waals surface area contributed by atoms with Gasteiger partial charge >= 0.3 is 12.2 Å². The van der Waals surface area contributed by atoms with Gasteiger partial charge in [0.15, 0.2) is 0 Å². The van der Waals surface area contributed by atoms with E-state index < -0.39 is 32.3 Å². The van der Waals surface area contributed by atoms with Gasteiger partial charge in [-0.05, 0) is 83.3 Å². The number of H-pyrrole nitrogens is 1. The second kappa shape index (κ2) is 15.7. The van der Waals surface area contributed by atoms with Crippen LogP contribution in [0.2, 0.25) is 19.1 Å². The molecule has 14 heteroatoms. The van der Waals surface area contributed by atoms with E-state index in [0.717, 1.165) is 87.3 Å². The second-order valence-electron chi connectivity index (χ2n) is 17.4. The van der Waals surface area contributed by atoms with Crippen LogP contribution in [0.5, 0.6) is 0 Å². The molecule has 4 atom stereocenters. The fourth-order valence-corrected chi connectivity index (χ4v) is 11.9. The number of aromatic nitrogens is 2. The first-order valence-corrected chi connectivity index (χ1v) is 23.8. The second-order valence-corrected chi connectivity index (χ2v) is 22.5. The van der Waals surface area contributed by atoms with E-state index in [1.165, 1.54) is 14.2 Å². The third-order valence-corrected chi connectivity index (χ3v) is 15.0. The number of aliphatic imine (C=N–C) groups is 1. The van der Waals surface area contributed by atoms with Gasteiger partial charge in [0.25, 0.3) is 0 Å². The molecule has 4 aliphatic rings. The van der Waals surface area contributed by atoms with Gasteiger partial charge in [0.05, 0.1) is 45.4 Å². The maximum absolute atomic E-state index is 14.0. The van der Waals surface area contributed by atoms with Crippen molar-refractivity contribution in [3.63, 3.8) is 0 Å². The molecule has 4 amide bonds. The number of nitrogens with zero attached hydrogens (tertiary/aromatic N) is 4. The molecule has 1 aromatic heterocycles. The summed E-state index contributed by atoms with van der Waals surface area (Å²) in [4.78, 5) is 69.2. The van der Waals surface area contributed by atoms with Crippen LogP contribution < -0.4 is 10.6 Å². The molecule has 58 heavy (non-hydrogen) atoms. The highest BCUT2D eigenvalue weighted by atomic mass is 28.3. The molecule has 4 aromatic rings. The zero-order valence-corrected chi connectivity index (χ0v) is 35.1. The molecule has 0 bridgehead atoms. The average molecular weight is 804 g/mol. The van der Waals surface area contributed by atoms with Crippen LogP contribution in [0.25, 0.3) is 38.5 Å². The van der Waals surface area contributed by atoms with Gasteiger partial charge in [-0.3, -0.25) is 14.6 Å². The van der Waals surface area contributed by atoms with Crippen LogP contribution in [0, 0.1) is 11.8 Å². The van der Waals surface area contributed by atoms with Crippen LogP contribution in [0.15, 0.2) is 65.8 Å². The van der Waals surface area contributed by atoms with E-state index in [9.17, 15) is 19.2 Å². The molecule has 3 N–H and O–H groups in total. The molecule has 13 nitrogen and oxygen atoms in total.